The van der Waals surface area contributed by atoms with E-state index in [2.05, 4.69) is 58.2 Å². The van der Waals surface area contributed by atoms with Crippen molar-refractivity contribution in [3.63, 3.8) is 0 Å². The lowest BCUT2D eigenvalue weighted by Crippen LogP contribution is -2.28. The zero-order valence-corrected chi connectivity index (χ0v) is 21.2. The number of rotatable bonds is 7. The summed E-state index contributed by atoms with van der Waals surface area (Å²) in [6, 6.07) is 26.3. The highest BCUT2D eigenvalue weighted by molar-refractivity contribution is 7.89. The lowest BCUT2D eigenvalue weighted by Gasteiger charge is -2.24. The molecule has 1 heterocycles. The van der Waals surface area contributed by atoms with Gasteiger partial charge in [-0.15, -0.1) is 0 Å². The van der Waals surface area contributed by atoms with Crippen molar-refractivity contribution in [3.05, 3.63) is 101 Å². The van der Waals surface area contributed by atoms with Gasteiger partial charge >= 0.3 is 0 Å². The summed E-state index contributed by atoms with van der Waals surface area (Å²) < 4.78 is 26.2. The molecule has 3 aromatic carbocycles. The zero-order valence-electron chi connectivity index (χ0n) is 20.4. The maximum absolute atomic E-state index is 13.1. The maximum atomic E-state index is 13.1. The standard InChI is InChI=1S/C29H33N3O2S/c1-21-13-17-23(18-14-21)27(30-31-35(33,34)26-19-15-22(2)16-20-26)29-28(24-9-5-3-6-10-24)32(29)25-11-7-4-8-12-25/h3,5-6,9-10,13-20,25,28-29,31H,4,7-8,11-12H2,1-2H3/b30-27+/t28-,29+,32?/m1/s1. The van der Waals surface area contributed by atoms with Crippen LogP contribution in [0.3, 0.4) is 0 Å². The van der Waals surface area contributed by atoms with E-state index in [1.165, 1.54) is 37.7 Å². The first-order valence-electron chi connectivity index (χ1n) is 12.5. The largest absolute Gasteiger partial charge is 0.281 e. The Bertz CT molecular complexity index is 1280. The van der Waals surface area contributed by atoms with Crippen LogP contribution in [-0.4, -0.2) is 31.1 Å². The number of hydrogen-bond acceptors (Lipinski definition) is 4. The SMILES string of the molecule is Cc1ccc(/C(=N\NS(=O)(=O)c2ccc(C)cc2)[C@H]2[C@@H](c3ccccc3)N2C2CCCCC2)cc1. The lowest BCUT2D eigenvalue weighted by molar-refractivity contribution is 0.277. The summed E-state index contributed by atoms with van der Waals surface area (Å²) in [5.74, 6) is 0. The Balaban J connectivity index is 1.52. The van der Waals surface area contributed by atoms with E-state index < -0.39 is 10.0 Å². The molecular weight excluding hydrogens is 454 g/mol. The van der Waals surface area contributed by atoms with Gasteiger partial charge in [-0.3, -0.25) is 4.90 Å². The molecule has 1 N–H and O–H groups in total. The highest BCUT2D eigenvalue weighted by atomic mass is 32.2. The third-order valence-corrected chi connectivity index (χ3v) is 8.46. The van der Waals surface area contributed by atoms with Crippen molar-refractivity contribution >= 4 is 15.7 Å². The van der Waals surface area contributed by atoms with Gasteiger partial charge < -0.3 is 0 Å². The van der Waals surface area contributed by atoms with Gasteiger partial charge in [-0.1, -0.05) is 97.1 Å². The fourth-order valence-electron chi connectivity index (χ4n) is 5.28. The molecule has 3 aromatic rings. The van der Waals surface area contributed by atoms with Crippen molar-refractivity contribution in [3.8, 4) is 0 Å². The molecule has 0 amide bonds. The first kappa shape index (κ1) is 23.8. The smallest absolute Gasteiger partial charge is 0.276 e. The Hall–Kier alpha value is -2.96. The van der Waals surface area contributed by atoms with Crippen LogP contribution < -0.4 is 4.83 Å². The molecule has 1 saturated carbocycles. The Morgan fingerprint density at radius 1 is 0.829 bits per heavy atom. The average molecular weight is 488 g/mol. The van der Waals surface area contributed by atoms with Gasteiger partial charge in [0.05, 0.1) is 22.7 Å². The van der Waals surface area contributed by atoms with Gasteiger partial charge in [-0.25, -0.2) is 0 Å². The minimum absolute atomic E-state index is 0.0314. The molecule has 5 nitrogen and oxygen atoms in total. The highest BCUT2D eigenvalue weighted by Crippen LogP contribution is 2.49. The number of benzene rings is 3. The topological polar surface area (TPSA) is 61.5 Å². The number of hydrazone groups is 1. The Kier molecular flexibility index (Phi) is 6.76. The van der Waals surface area contributed by atoms with Crippen LogP contribution in [0.15, 0.2) is 88.9 Å². The lowest BCUT2D eigenvalue weighted by atomic mass is 9.95. The molecule has 1 aliphatic heterocycles. The van der Waals surface area contributed by atoms with Gasteiger partial charge in [-0.2, -0.15) is 18.4 Å². The molecule has 0 radical (unpaired) electrons. The molecule has 0 bridgehead atoms. The van der Waals surface area contributed by atoms with Crippen LogP contribution in [0.25, 0.3) is 0 Å². The number of nitrogens with one attached hydrogen (secondary N) is 1. The molecule has 3 atom stereocenters. The second kappa shape index (κ2) is 9.96. The maximum Gasteiger partial charge on any atom is 0.276 e. The van der Waals surface area contributed by atoms with Crippen LogP contribution in [0.1, 0.15) is 60.4 Å². The fraction of sp³-hybridized carbons (Fsp3) is 0.345. The summed E-state index contributed by atoms with van der Waals surface area (Å²) in [5.41, 5.74) is 5.16. The molecular formula is C29H33N3O2S. The summed E-state index contributed by atoms with van der Waals surface area (Å²) in [4.78, 5) is 5.32. The first-order valence-corrected chi connectivity index (χ1v) is 14.0. The summed E-state index contributed by atoms with van der Waals surface area (Å²) in [5, 5.41) is 4.61. The van der Waals surface area contributed by atoms with Gasteiger partial charge in [-0.05, 0) is 49.9 Å². The molecule has 0 spiro atoms. The molecule has 2 fully saturated rings. The zero-order chi connectivity index (χ0) is 24.4. The van der Waals surface area contributed by atoms with Gasteiger partial charge in [0, 0.05) is 6.04 Å². The van der Waals surface area contributed by atoms with Crippen LogP contribution >= 0.6 is 0 Å². The molecule has 6 heteroatoms. The summed E-state index contributed by atoms with van der Waals surface area (Å²) >= 11 is 0. The monoisotopic (exact) mass is 487 g/mol. The first-order chi connectivity index (χ1) is 16.9. The van der Waals surface area contributed by atoms with Crippen LogP contribution in [0, 0.1) is 13.8 Å². The second-order valence-corrected chi connectivity index (χ2v) is 11.5. The molecule has 1 saturated heterocycles. The van der Waals surface area contributed by atoms with Crippen LogP contribution in [-0.2, 0) is 10.0 Å². The minimum atomic E-state index is -3.77. The molecule has 0 aromatic heterocycles. The number of sulfonamides is 1. The summed E-state index contributed by atoms with van der Waals surface area (Å²) in [6.07, 6.45) is 6.13. The van der Waals surface area contributed by atoms with E-state index in [0.717, 1.165) is 22.4 Å². The average Bonchev–Trinajstić information content (AvgIpc) is 3.62. The van der Waals surface area contributed by atoms with Crippen molar-refractivity contribution in [2.75, 3.05) is 0 Å². The second-order valence-electron chi connectivity index (χ2n) is 9.81. The Morgan fingerprint density at radius 2 is 1.43 bits per heavy atom. The summed E-state index contributed by atoms with van der Waals surface area (Å²) in [6.45, 7) is 3.99. The van der Waals surface area contributed by atoms with Crippen molar-refractivity contribution in [1.82, 2.24) is 9.73 Å². The highest BCUT2D eigenvalue weighted by Gasteiger charge is 2.55. The van der Waals surface area contributed by atoms with Crippen LogP contribution in [0.5, 0.6) is 0 Å². The number of nitrogens with zero attached hydrogens (tertiary/aromatic N) is 2. The third-order valence-electron chi connectivity index (χ3n) is 7.23. The van der Waals surface area contributed by atoms with E-state index in [0.29, 0.717) is 6.04 Å². The van der Waals surface area contributed by atoms with E-state index in [4.69, 9.17) is 0 Å². The predicted molar refractivity (Wildman–Crippen MR) is 141 cm³/mol. The van der Waals surface area contributed by atoms with Gasteiger partial charge in [0.2, 0.25) is 0 Å². The third kappa shape index (κ3) is 5.19. The van der Waals surface area contributed by atoms with Crippen molar-refractivity contribution < 1.29 is 8.42 Å². The summed E-state index contributed by atoms with van der Waals surface area (Å²) in [7, 11) is -3.77. The normalized spacial score (nSPS) is 23.1. The Morgan fingerprint density at radius 3 is 2.06 bits per heavy atom. The number of hydrogen-bond donors (Lipinski definition) is 1. The van der Waals surface area contributed by atoms with Crippen LogP contribution in [0.4, 0.5) is 0 Å². The van der Waals surface area contributed by atoms with E-state index >= 15 is 0 Å². The molecule has 182 valence electrons. The van der Waals surface area contributed by atoms with Gasteiger partial charge in [0.25, 0.3) is 10.0 Å². The van der Waals surface area contributed by atoms with E-state index in [-0.39, 0.29) is 17.0 Å². The fourth-order valence-corrected chi connectivity index (χ4v) is 6.10. The molecule has 35 heavy (non-hydrogen) atoms. The predicted octanol–water partition coefficient (Wildman–Crippen LogP) is 5.74. The Labute approximate surface area is 208 Å². The van der Waals surface area contributed by atoms with Crippen molar-refractivity contribution in [2.24, 2.45) is 5.10 Å². The van der Waals surface area contributed by atoms with E-state index in [1.807, 2.05) is 25.1 Å². The van der Waals surface area contributed by atoms with Gasteiger partial charge in [0.15, 0.2) is 0 Å². The minimum Gasteiger partial charge on any atom is -0.281 e. The molecule has 5 rings (SSSR count). The molecule has 2 aliphatic rings. The van der Waals surface area contributed by atoms with Gasteiger partial charge in [0.1, 0.15) is 0 Å². The number of aryl methyl sites for hydroxylation is 2. The van der Waals surface area contributed by atoms with Crippen molar-refractivity contribution in [1.29, 1.82) is 0 Å². The van der Waals surface area contributed by atoms with Crippen molar-refractivity contribution in [2.45, 2.75) is 69.0 Å². The van der Waals surface area contributed by atoms with E-state index in [1.54, 1.807) is 24.3 Å². The quantitative estimate of drug-likeness (QED) is 0.262. The molecule has 1 unspecified atom stereocenters. The van der Waals surface area contributed by atoms with Crippen LogP contribution in [0.2, 0.25) is 0 Å². The van der Waals surface area contributed by atoms with E-state index in [9.17, 15) is 8.42 Å². The molecule has 1 aliphatic carbocycles.